The molecule has 1 rings (SSSR count). The Kier molecular flexibility index (Phi) is 4.74. The van der Waals surface area contributed by atoms with Gasteiger partial charge in [-0.1, -0.05) is 13.8 Å². The molecule has 0 bridgehead atoms. The van der Waals surface area contributed by atoms with Crippen molar-refractivity contribution >= 4 is 0 Å². The van der Waals surface area contributed by atoms with Crippen molar-refractivity contribution in [2.75, 3.05) is 26.7 Å². The monoisotopic (exact) mass is 184 g/mol. The van der Waals surface area contributed by atoms with Crippen molar-refractivity contribution in [3.8, 4) is 0 Å². The highest BCUT2D eigenvalue weighted by atomic mass is 15.1. The Labute approximate surface area is 82.7 Å². The summed E-state index contributed by atoms with van der Waals surface area (Å²) >= 11 is 0. The topological polar surface area (TPSA) is 15.3 Å². The smallest absolute Gasteiger partial charge is 0.0104 e. The van der Waals surface area contributed by atoms with E-state index in [4.69, 9.17) is 0 Å². The van der Waals surface area contributed by atoms with Crippen LogP contribution >= 0.6 is 0 Å². The second-order valence-electron chi connectivity index (χ2n) is 4.20. The highest BCUT2D eigenvalue weighted by Crippen LogP contribution is 2.33. The fourth-order valence-electron chi connectivity index (χ4n) is 1.74. The molecule has 1 aliphatic carbocycles. The molecule has 0 amide bonds. The minimum Gasteiger partial charge on any atom is -0.312 e. The maximum absolute atomic E-state index is 3.65. The molecule has 0 aliphatic heterocycles. The third-order valence-corrected chi connectivity index (χ3v) is 3.07. The van der Waals surface area contributed by atoms with Gasteiger partial charge in [0.15, 0.2) is 0 Å². The number of nitrogens with one attached hydrogen (secondary N) is 1. The van der Waals surface area contributed by atoms with Crippen LogP contribution in [0.1, 0.15) is 33.1 Å². The summed E-state index contributed by atoms with van der Waals surface area (Å²) in [6, 6.07) is 0.797. The van der Waals surface area contributed by atoms with Crippen LogP contribution < -0.4 is 5.32 Å². The number of rotatable bonds is 7. The third-order valence-electron chi connectivity index (χ3n) is 3.07. The maximum atomic E-state index is 3.65. The molecule has 0 spiro atoms. The van der Waals surface area contributed by atoms with Crippen molar-refractivity contribution in [2.45, 2.75) is 39.2 Å². The molecule has 13 heavy (non-hydrogen) atoms. The Bertz CT molecular complexity index is 132. The second kappa shape index (κ2) is 5.61. The van der Waals surface area contributed by atoms with Crippen LogP contribution in [0.5, 0.6) is 0 Å². The molecule has 1 saturated carbocycles. The third kappa shape index (κ3) is 4.10. The molecular weight excluding hydrogens is 160 g/mol. The van der Waals surface area contributed by atoms with E-state index in [9.17, 15) is 0 Å². The average Bonchev–Trinajstić information content (AvgIpc) is 2.95. The minimum absolute atomic E-state index is 0.797. The van der Waals surface area contributed by atoms with Crippen LogP contribution in [0.3, 0.4) is 0 Å². The largest absolute Gasteiger partial charge is 0.312 e. The van der Waals surface area contributed by atoms with Gasteiger partial charge in [0, 0.05) is 19.1 Å². The molecule has 78 valence electrons. The van der Waals surface area contributed by atoms with Gasteiger partial charge in [0.2, 0.25) is 0 Å². The standard InChI is InChI=1S/C11H24N2/c1-4-11(10-6-7-10)12-8-9-13(3)5-2/h10-12H,4-9H2,1-3H3. The van der Waals surface area contributed by atoms with Gasteiger partial charge in [0.25, 0.3) is 0 Å². The highest BCUT2D eigenvalue weighted by molar-refractivity contribution is 4.85. The van der Waals surface area contributed by atoms with Crippen molar-refractivity contribution in [3.63, 3.8) is 0 Å². The van der Waals surface area contributed by atoms with Gasteiger partial charge < -0.3 is 10.2 Å². The van der Waals surface area contributed by atoms with E-state index >= 15 is 0 Å². The van der Waals surface area contributed by atoms with E-state index in [0.717, 1.165) is 25.0 Å². The Hall–Kier alpha value is -0.0800. The van der Waals surface area contributed by atoms with Gasteiger partial charge >= 0.3 is 0 Å². The Balaban J connectivity index is 2.02. The molecule has 2 heteroatoms. The zero-order valence-electron chi connectivity index (χ0n) is 9.34. The van der Waals surface area contributed by atoms with Crippen molar-refractivity contribution < 1.29 is 0 Å². The first-order valence-electron chi connectivity index (χ1n) is 5.69. The van der Waals surface area contributed by atoms with E-state index in [2.05, 4.69) is 31.1 Å². The van der Waals surface area contributed by atoms with Gasteiger partial charge in [-0.3, -0.25) is 0 Å². The summed E-state index contributed by atoms with van der Waals surface area (Å²) in [7, 11) is 2.18. The summed E-state index contributed by atoms with van der Waals surface area (Å²) < 4.78 is 0. The number of hydrogen-bond donors (Lipinski definition) is 1. The lowest BCUT2D eigenvalue weighted by molar-refractivity contribution is 0.331. The first-order chi connectivity index (χ1) is 6.27. The molecular formula is C11H24N2. The van der Waals surface area contributed by atoms with E-state index < -0.39 is 0 Å². The minimum atomic E-state index is 0.797. The van der Waals surface area contributed by atoms with Crippen molar-refractivity contribution in [2.24, 2.45) is 5.92 Å². The SMILES string of the molecule is CCC(NCCN(C)CC)C1CC1. The van der Waals surface area contributed by atoms with Crippen LogP contribution in [-0.2, 0) is 0 Å². The molecule has 1 unspecified atom stereocenters. The van der Waals surface area contributed by atoms with Gasteiger partial charge in [-0.05, 0) is 38.8 Å². The fourth-order valence-corrected chi connectivity index (χ4v) is 1.74. The number of likely N-dealkylation sites (N-methyl/N-ethyl adjacent to an activating group) is 1. The van der Waals surface area contributed by atoms with E-state index in [1.165, 1.54) is 25.8 Å². The van der Waals surface area contributed by atoms with Gasteiger partial charge in [-0.15, -0.1) is 0 Å². The first-order valence-corrected chi connectivity index (χ1v) is 5.69. The summed E-state index contributed by atoms with van der Waals surface area (Å²) in [4.78, 5) is 2.35. The lowest BCUT2D eigenvalue weighted by Crippen LogP contribution is -2.36. The van der Waals surface area contributed by atoms with E-state index in [0.29, 0.717) is 0 Å². The van der Waals surface area contributed by atoms with Crippen LogP contribution in [0, 0.1) is 5.92 Å². The molecule has 0 heterocycles. The van der Waals surface area contributed by atoms with Crippen LogP contribution in [0.25, 0.3) is 0 Å². The Morgan fingerprint density at radius 2 is 2.08 bits per heavy atom. The van der Waals surface area contributed by atoms with Crippen LogP contribution in [0.4, 0.5) is 0 Å². The number of nitrogens with zero attached hydrogens (tertiary/aromatic N) is 1. The molecule has 2 nitrogen and oxygen atoms in total. The van der Waals surface area contributed by atoms with E-state index in [-0.39, 0.29) is 0 Å². The molecule has 0 aromatic rings. The lowest BCUT2D eigenvalue weighted by Gasteiger charge is -2.19. The molecule has 1 N–H and O–H groups in total. The predicted molar refractivity (Wildman–Crippen MR) is 58.0 cm³/mol. The molecule has 1 fully saturated rings. The predicted octanol–water partition coefficient (Wildman–Crippen LogP) is 1.72. The first kappa shape index (κ1) is 11.0. The van der Waals surface area contributed by atoms with Gasteiger partial charge in [-0.2, -0.15) is 0 Å². The number of hydrogen-bond acceptors (Lipinski definition) is 2. The zero-order chi connectivity index (χ0) is 9.68. The zero-order valence-corrected chi connectivity index (χ0v) is 9.34. The highest BCUT2D eigenvalue weighted by Gasteiger charge is 2.29. The quantitative estimate of drug-likeness (QED) is 0.648. The molecule has 1 aliphatic rings. The molecule has 1 atom stereocenters. The summed E-state index contributed by atoms with van der Waals surface area (Å²) in [5, 5.41) is 3.65. The summed E-state index contributed by atoms with van der Waals surface area (Å²) in [6.45, 7) is 7.98. The molecule has 0 aromatic heterocycles. The van der Waals surface area contributed by atoms with E-state index in [1.807, 2.05) is 0 Å². The van der Waals surface area contributed by atoms with Gasteiger partial charge in [0.05, 0.1) is 0 Å². The van der Waals surface area contributed by atoms with Crippen LogP contribution in [-0.4, -0.2) is 37.6 Å². The lowest BCUT2D eigenvalue weighted by atomic mass is 10.1. The van der Waals surface area contributed by atoms with Crippen molar-refractivity contribution in [3.05, 3.63) is 0 Å². The van der Waals surface area contributed by atoms with Gasteiger partial charge in [0.1, 0.15) is 0 Å². The summed E-state index contributed by atoms with van der Waals surface area (Å²) in [5.41, 5.74) is 0. The second-order valence-corrected chi connectivity index (χ2v) is 4.20. The van der Waals surface area contributed by atoms with Crippen LogP contribution in [0.2, 0.25) is 0 Å². The maximum Gasteiger partial charge on any atom is 0.0104 e. The molecule has 0 saturated heterocycles. The fraction of sp³-hybridized carbons (Fsp3) is 1.00. The average molecular weight is 184 g/mol. The Morgan fingerprint density at radius 3 is 2.54 bits per heavy atom. The summed E-state index contributed by atoms with van der Waals surface area (Å²) in [6.07, 6.45) is 4.20. The normalized spacial score (nSPS) is 19.4. The molecule has 0 radical (unpaired) electrons. The van der Waals surface area contributed by atoms with Gasteiger partial charge in [-0.25, -0.2) is 0 Å². The molecule has 0 aromatic carbocycles. The summed E-state index contributed by atoms with van der Waals surface area (Å²) in [5.74, 6) is 0.997. The van der Waals surface area contributed by atoms with Crippen molar-refractivity contribution in [1.29, 1.82) is 0 Å². The Morgan fingerprint density at radius 1 is 1.38 bits per heavy atom. The van der Waals surface area contributed by atoms with Crippen LogP contribution in [0.15, 0.2) is 0 Å². The van der Waals surface area contributed by atoms with E-state index in [1.54, 1.807) is 0 Å². The van der Waals surface area contributed by atoms with Crippen molar-refractivity contribution in [1.82, 2.24) is 10.2 Å².